The normalized spacial score (nSPS) is 13.8. The summed E-state index contributed by atoms with van der Waals surface area (Å²) in [5.41, 5.74) is -0.113. The van der Waals surface area contributed by atoms with E-state index < -0.39 is 22.4 Å². The van der Waals surface area contributed by atoms with E-state index in [-0.39, 0.29) is 22.9 Å². The first kappa shape index (κ1) is 15.7. The van der Waals surface area contributed by atoms with Crippen LogP contribution in [0.3, 0.4) is 0 Å². The Morgan fingerprint density at radius 3 is 2.47 bits per heavy atom. The molecule has 0 saturated carbocycles. The van der Waals surface area contributed by atoms with E-state index in [1.165, 1.54) is 0 Å². The molecular formula is C13H16F2N2OS. The van der Waals surface area contributed by atoms with Gasteiger partial charge < -0.3 is 5.32 Å². The molecule has 1 N–H and O–H groups in total. The summed E-state index contributed by atoms with van der Waals surface area (Å²) in [4.78, 5) is 0. The van der Waals surface area contributed by atoms with E-state index in [1.807, 2.05) is 6.92 Å². The first-order chi connectivity index (χ1) is 8.95. The molecule has 0 spiro atoms. The molecule has 104 valence electrons. The highest BCUT2D eigenvalue weighted by atomic mass is 32.2. The number of nitrogens with zero attached hydrogens (tertiary/aromatic N) is 1. The molecular weight excluding hydrogens is 270 g/mol. The van der Waals surface area contributed by atoms with Crippen molar-refractivity contribution >= 4 is 10.8 Å². The smallest absolute Gasteiger partial charge is 0.131 e. The minimum atomic E-state index is -0.896. The fraction of sp³-hybridized carbons (Fsp3) is 0.462. The van der Waals surface area contributed by atoms with Crippen molar-refractivity contribution < 1.29 is 13.0 Å². The van der Waals surface area contributed by atoms with Crippen LogP contribution in [0.2, 0.25) is 0 Å². The molecule has 19 heavy (non-hydrogen) atoms. The summed E-state index contributed by atoms with van der Waals surface area (Å²) >= 11 is 0. The lowest BCUT2D eigenvalue weighted by molar-refractivity contribution is 0.531. The maximum absolute atomic E-state index is 13.5. The van der Waals surface area contributed by atoms with Gasteiger partial charge in [-0.15, -0.1) is 0 Å². The zero-order chi connectivity index (χ0) is 14.4. The van der Waals surface area contributed by atoms with Gasteiger partial charge >= 0.3 is 0 Å². The molecule has 0 radical (unpaired) electrons. The number of rotatable bonds is 6. The average Bonchev–Trinajstić information content (AvgIpc) is 2.36. The number of benzene rings is 1. The second kappa shape index (κ2) is 7.31. The summed E-state index contributed by atoms with van der Waals surface area (Å²) in [6, 6.07) is 3.73. The molecule has 1 aromatic carbocycles. The summed E-state index contributed by atoms with van der Waals surface area (Å²) < 4.78 is 38.2. The number of nitriles is 1. The summed E-state index contributed by atoms with van der Waals surface area (Å²) in [5.74, 6) is -1.45. The summed E-state index contributed by atoms with van der Waals surface area (Å²) in [7, 11) is -0.896. The molecule has 0 amide bonds. The Bertz CT molecular complexity index is 491. The van der Waals surface area contributed by atoms with E-state index in [9.17, 15) is 13.0 Å². The van der Waals surface area contributed by atoms with Gasteiger partial charge in [-0.1, -0.05) is 6.92 Å². The maximum atomic E-state index is 13.5. The van der Waals surface area contributed by atoms with Crippen LogP contribution in [0.5, 0.6) is 0 Å². The fourth-order valence-electron chi connectivity index (χ4n) is 1.52. The topological polar surface area (TPSA) is 52.9 Å². The first-order valence-corrected chi connectivity index (χ1v) is 7.48. The Morgan fingerprint density at radius 2 is 2.00 bits per heavy atom. The maximum Gasteiger partial charge on any atom is 0.131 e. The van der Waals surface area contributed by atoms with Crippen LogP contribution < -0.4 is 5.32 Å². The number of nitrogens with one attached hydrogen (secondary N) is 1. The van der Waals surface area contributed by atoms with E-state index in [0.717, 1.165) is 12.1 Å². The quantitative estimate of drug-likeness (QED) is 0.815. The highest BCUT2D eigenvalue weighted by Crippen LogP contribution is 2.14. The van der Waals surface area contributed by atoms with Gasteiger partial charge in [0, 0.05) is 34.4 Å². The van der Waals surface area contributed by atoms with Gasteiger partial charge in [-0.2, -0.15) is 5.26 Å². The second-order valence-corrected chi connectivity index (χ2v) is 6.11. The summed E-state index contributed by atoms with van der Waals surface area (Å²) in [5, 5.41) is 11.5. The highest BCUT2D eigenvalue weighted by molar-refractivity contribution is 7.84. The molecule has 0 saturated heterocycles. The van der Waals surface area contributed by atoms with Crippen molar-refractivity contribution in [2.45, 2.75) is 25.1 Å². The fourth-order valence-corrected chi connectivity index (χ4v) is 1.97. The van der Waals surface area contributed by atoms with Crippen LogP contribution in [0.25, 0.3) is 0 Å². The predicted molar refractivity (Wildman–Crippen MR) is 70.9 cm³/mol. The van der Waals surface area contributed by atoms with Crippen molar-refractivity contribution in [1.29, 1.82) is 5.26 Å². The Labute approximate surface area is 114 Å². The van der Waals surface area contributed by atoms with Crippen molar-refractivity contribution in [3.8, 4) is 6.07 Å². The largest absolute Gasteiger partial charge is 0.312 e. The molecule has 2 unspecified atom stereocenters. The van der Waals surface area contributed by atoms with Crippen LogP contribution in [0.1, 0.15) is 24.5 Å². The molecule has 0 aliphatic carbocycles. The van der Waals surface area contributed by atoms with Crippen LogP contribution in [0.15, 0.2) is 12.1 Å². The zero-order valence-electron chi connectivity index (χ0n) is 10.9. The lowest BCUT2D eigenvalue weighted by Crippen LogP contribution is -2.22. The molecule has 0 bridgehead atoms. The van der Waals surface area contributed by atoms with E-state index >= 15 is 0 Å². The Morgan fingerprint density at radius 1 is 1.42 bits per heavy atom. The molecule has 0 aromatic heterocycles. The Hall–Kier alpha value is -1.32. The van der Waals surface area contributed by atoms with E-state index in [2.05, 4.69) is 5.32 Å². The van der Waals surface area contributed by atoms with Crippen LogP contribution in [-0.4, -0.2) is 22.3 Å². The molecule has 1 rings (SSSR count). The SMILES string of the molecule is CC(CCNCc1c(F)cc(C#N)cc1F)S(C)=O. The van der Waals surface area contributed by atoms with Crippen molar-refractivity contribution in [2.75, 3.05) is 12.8 Å². The number of hydrogen-bond donors (Lipinski definition) is 1. The van der Waals surface area contributed by atoms with Gasteiger partial charge in [0.25, 0.3) is 0 Å². The molecule has 0 heterocycles. The number of hydrogen-bond acceptors (Lipinski definition) is 3. The van der Waals surface area contributed by atoms with Crippen LogP contribution >= 0.6 is 0 Å². The van der Waals surface area contributed by atoms with Gasteiger partial charge in [0.05, 0.1) is 11.6 Å². The van der Waals surface area contributed by atoms with Crippen molar-refractivity contribution in [3.05, 3.63) is 34.9 Å². The predicted octanol–water partition coefficient (Wildman–Crippen LogP) is 2.08. The van der Waals surface area contributed by atoms with Gasteiger partial charge in [-0.3, -0.25) is 4.21 Å². The third-order valence-corrected chi connectivity index (χ3v) is 4.24. The average molecular weight is 286 g/mol. The molecule has 1 aromatic rings. The van der Waals surface area contributed by atoms with Crippen molar-refractivity contribution in [3.63, 3.8) is 0 Å². The third kappa shape index (κ3) is 4.69. The minimum Gasteiger partial charge on any atom is -0.312 e. The van der Waals surface area contributed by atoms with Crippen LogP contribution in [0, 0.1) is 23.0 Å². The molecule has 6 heteroatoms. The van der Waals surface area contributed by atoms with Crippen LogP contribution in [-0.2, 0) is 17.3 Å². The highest BCUT2D eigenvalue weighted by Gasteiger charge is 2.11. The van der Waals surface area contributed by atoms with Gasteiger partial charge in [0.2, 0.25) is 0 Å². The lowest BCUT2D eigenvalue weighted by atomic mass is 10.1. The van der Waals surface area contributed by atoms with Gasteiger partial charge in [0.15, 0.2) is 0 Å². The first-order valence-electron chi connectivity index (χ1n) is 5.86. The van der Waals surface area contributed by atoms with Gasteiger partial charge in [-0.05, 0) is 25.1 Å². The molecule has 0 aliphatic heterocycles. The molecule has 3 nitrogen and oxygen atoms in total. The van der Waals surface area contributed by atoms with E-state index in [1.54, 1.807) is 12.3 Å². The molecule has 0 aliphatic rings. The van der Waals surface area contributed by atoms with E-state index in [0.29, 0.717) is 13.0 Å². The van der Waals surface area contributed by atoms with Gasteiger partial charge in [0.1, 0.15) is 11.6 Å². The Balaban J connectivity index is 2.55. The van der Waals surface area contributed by atoms with Gasteiger partial charge in [-0.25, -0.2) is 8.78 Å². The van der Waals surface area contributed by atoms with E-state index in [4.69, 9.17) is 5.26 Å². The third-order valence-electron chi connectivity index (χ3n) is 2.87. The zero-order valence-corrected chi connectivity index (χ0v) is 11.7. The lowest BCUT2D eigenvalue weighted by Gasteiger charge is -2.10. The second-order valence-electron chi connectivity index (χ2n) is 4.30. The van der Waals surface area contributed by atoms with Crippen LogP contribution in [0.4, 0.5) is 8.78 Å². The Kier molecular flexibility index (Phi) is 6.06. The standard InChI is InChI=1S/C13H16F2N2OS/c1-9(19(2)18)3-4-17-8-11-12(14)5-10(7-16)6-13(11)15/h5-6,9,17H,3-4,8H2,1-2H3. The van der Waals surface area contributed by atoms with Crippen molar-refractivity contribution in [1.82, 2.24) is 5.32 Å². The monoisotopic (exact) mass is 286 g/mol. The molecule has 2 atom stereocenters. The number of halogens is 2. The van der Waals surface area contributed by atoms with Crippen molar-refractivity contribution in [2.24, 2.45) is 0 Å². The summed E-state index contributed by atoms with van der Waals surface area (Å²) in [6.07, 6.45) is 2.30. The summed E-state index contributed by atoms with van der Waals surface area (Å²) in [6.45, 7) is 2.44. The molecule has 0 fully saturated rings. The minimum absolute atomic E-state index is 0.0336.